The molecule has 0 unspecified atom stereocenters. The number of H-pyrrole nitrogens is 1. The van der Waals surface area contributed by atoms with Gasteiger partial charge in [-0.1, -0.05) is 0 Å². The number of aliphatic hydroxyl groups excluding tert-OH is 1. The predicted octanol–water partition coefficient (Wildman–Crippen LogP) is -2.80. The number of hydrogen-bond donors (Lipinski definition) is 3. The zero-order valence-corrected chi connectivity index (χ0v) is 12.4. The first-order chi connectivity index (χ1) is 10.7. The van der Waals surface area contributed by atoms with Crippen molar-refractivity contribution in [3.05, 3.63) is 16.7 Å². The number of phosphoric ester groups is 1. The average Bonchev–Trinajstić information content (AvgIpc) is 2.99. The molecule has 0 spiro atoms. The highest BCUT2D eigenvalue weighted by atomic mass is 31.2. The fraction of sp³-hybridized carbons (Fsp3) is 0.500. The molecule has 3 atom stereocenters. The normalized spacial score (nSPS) is 25.3. The number of anilines is 1. The number of aromatic amines is 1. The van der Waals surface area contributed by atoms with Crippen molar-refractivity contribution in [1.82, 2.24) is 19.5 Å². The Morgan fingerprint density at radius 1 is 1.61 bits per heavy atom. The van der Waals surface area contributed by atoms with Gasteiger partial charge >= 0.3 is 0 Å². The third kappa shape index (κ3) is 3.27. The van der Waals surface area contributed by atoms with Crippen molar-refractivity contribution < 1.29 is 28.7 Å². The number of nitrogen functional groups attached to an aromatic ring is 1. The van der Waals surface area contributed by atoms with E-state index in [1.165, 1.54) is 10.9 Å². The van der Waals surface area contributed by atoms with Crippen molar-refractivity contribution in [2.24, 2.45) is 0 Å². The molecular weight excluding hydrogens is 333 g/mol. The second-order valence-corrected chi connectivity index (χ2v) is 6.10. The molecule has 23 heavy (non-hydrogen) atoms. The maximum Gasteiger partial charge on any atom is 0.280 e. The Balaban J connectivity index is 1.84. The molecule has 12 nitrogen and oxygen atoms in total. The molecule has 1 fully saturated rings. The van der Waals surface area contributed by atoms with Crippen LogP contribution in [-0.2, 0) is 13.8 Å². The van der Waals surface area contributed by atoms with Gasteiger partial charge < -0.3 is 34.5 Å². The third-order valence-electron chi connectivity index (χ3n) is 3.36. The molecule has 2 aromatic rings. The molecular formula is C10H12N5O7P-2. The van der Waals surface area contributed by atoms with E-state index in [0.29, 0.717) is 0 Å². The molecule has 1 saturated heterocycles. The molecule has 1 aliphatic rings. The van der Waals surface area contributed by atoms with Crippen LogP contribution in [0, 0.1) is 0 Å². The number of ether oxygens (including phenoxy) is 1. The lowest BCUT2D eigenvalue weighted by molar-refractivity contribution is -0.343. The van der Waals surface area contributed by atoms with Crippen LogP contribution in [0.3, 0.4) is 0 Å². The summed E-state index contributed by atoms with van der Waals surface area (Å²) in [6.07, 6.45) is -1.50. The summed E-state index contributed by atoms with van der Waals surface area (Å²) >= 11 is 0. The minimum Gasteiger partial charge on any atom is -0.790 e. The lowest BCUT2D eigenvalue weighted by atomic mass is 10.2. The summed E-state index contributed by atoms with van der Waals surface area (Å²) in [6.45, 7) is -0.606. The standard InChI is InChI=1S/C10H14N5O7P/c11-10-13-8-7(9(17)14-10)12-3-15(8)6-1-4(16)5(22-6)2-21-23(18,19)20/h3-6,16H,1-2H2,(H2,18,19,20)(H3,11,13,14,17)/p-2/t4-,5+,6+/m1/s1. The van der Waals surface area contributed by atoms with E-state index in [1.807, 2.05) is 0 Å². The average molecular weight is 345 g/mol. The van der Waals surface area contributed by atoms with Gasteiger partial charge in [0.05, 0.1) is 26.9 Å². The summed E-state index contributed by atoms with van der Waals surface area (Å²) in [6, 6.07) is 0. The van der Waals surface area contributed by atoms with Gasteiger partial charge in [-0.2, -0.15) is 4.98 Å². The number of hydrogen-bond acceptors (Lipinski definition) is 10. The van der Waals surface area contributed by atoms with Crippen LogP contribution in [-0.4, -0.2) is 43.4 Å². The fourth-order valence-electron chi connectivity index (χ4n) is 2.35. The maximum absolute atomic E-state index is 11.7. The molecule has 0 aromatic carbocycles. The van der Waals surface area contributed by atoms with Crippen molar-refractivity contribution >= 4 is 24.9 Å². The Hall–Kier alpha value is -1.82. The monoisotopic (exact) mass is 345 g/mol. The number of aliphatic hydroxyl groups is 1. The summed E-state index contributed by atoms with van der Waals surface area (Å²) in [5.74, 6) is -0.110. The Labute approximate surface area is 128 Å². The van der Waals surface area contributed by atoms with Crippen LogP contribution in [0.15, 0.2) is 11.1 Å². The Morgan fingerprint density at radius 3 is 3.04 bits per heavy atom. The van der Waals surface area contributed by atoms with E-state index in [4.69, 9.17) is 10.5 Å². The predicted molar refractivity (Wildman–Crippen MR) is 70.7 cm³/mol. The number of phosphoric acid groups is 1. The van der Waals surface area contributed by atoms with E-state index in [2.05, 4.69) is 19.5 Å². The van der Waals surface area contributed by atoms with Crippen molar-refractivity contribution in [2.45, 2.75) is 24.9 Å². The summed E-state index contributed by atoms with van der Waals surface area (Å²) in [5, 5.41) is 9.89. The molecule has 0 amide bonds. The smallest absolute Gasteiger partial charge is 0.280 e. The van der Waals surface area contributed by atoms with E-state index >= 15 is 0 Å². The summed E-state index contributed by atoms with van der Waals surface area (Å²) in [7, 11) is -5.16. The van der Waals surface area contributed by atoms with Gasteiger partial charge in [0.2, 0.25) is 5.95 Å². The van der Waals surface area contributed by atoms with Crippen molar-refractivity contribution in [3.63, 3.8) is 0 Å². The molecule has 2 aromatic heterocycles. The molecule has 3 heterocycles. The molecule has 126 valence electrons. The molecule has 0 bridgehead atoms. The van der Waals surface area contributed by atoms with E-state index in [1.54, 1.807) is 0 Å². The molecule has 3 rings (SSSR count). The van der Waals surface area contributed by atoms with Crippen LogP contribution < -0.4 is 21.1 Å². The molecule has 13 heteroatoms. The first kappa shape index (κ1) is 16.1. The lowest BCUT2D eigenvalue weighted by Crippen LogP contribution is -2.29. The van der Waals surface area contributed by atoms with Crippen LogP contribution in [0.5, 0.6) is 0 Å². The Bertz CT molecular complexity index is 829. The van der Waals surface area contributed by atoms with Crippen LogP contribution >= 0.6 is 7.82 Å². The maximum atomic E-state index is 11.7. The van der Waals surface area contributed by atoms with Crippen molar-refractivity contribution in [2.75, 3.05) is 12.3 Å². The second kappa shape index (κ2) is 5.67. The van der Waals surface area contributed by atoms with Gasteiger partial charge in [-0.15, -0.1) is 0 Å². The Morgan fingerprint density at radius 2 is 2.35 bits per heavy atom. The molecule has 1 aliphatic heterocycles. The zero-order chi connectivity index (χ0) is 16.8. The third-order valence-corrected chi connectivity index (χ3v) is 3.83. The molecule has 0 saturated carbocycles. The fourth-order valence-corrected chi connectivity index (χ4v) is 2.68. The largest absolute Gasteiger partial charge is 0.790 e. The Kier molecular flexibility index (Phi) is 3.96. The summed E-state index contributed by atoms with van der Waals surface area (Å²) in [4.78, 5) is 42.8. The van der Waals surface area contributed by atoms with E-state index < -0.39 is 38.4 Å². The first-order valence-electron chi connectivity index (χ1n) is 6.47. The van der Waals surface area contributed by atoms with Gasteiger partial charge in [0, 0.05) is 6.42 Å². The highest BCUT2D eigenvalue weighted by molar-refractivity contribution is 7.43. The number of rotatable bonds is 4. The number of nitrogens with one attached hydrogen (secondary N) is 1. The number of imidazole rings is 1. The summed E-state index contributed by atoms with van der Waals surface area (Å²) in [5.41, 5.74) is 5.16. The van der Waals surface area contributed by atoms with Gasteiger partial charge in [0.25, 0.3) is 5.56 Å². The van der Waals surface area contributed by atoms with E-state index in [9.17, 15) is 24.3 Å². The highest BCUT2D eigenvalue weighted by Gasteiger charge is 2.36. The number of fused-ring (bicyclic) bond motifs is 1. The molecule has 0 radical (unpaired) electrons. The minimum atomic E-state index is -5.16. The number of nitrogens with zero attached hydrogens (tertiary/aromatic N) is 3. The van der Waals surface area contributed by atoms with Crippen LogP contribution in [0.2, 0.25) is 0 Å². The number of nitrogens with two attached hydrogens (primary N) is 1. The minimum absolute atomic E-state index is 0.0422. The van der Waals surface area contributed by atoms with Gasteiger partial charge in [-0.3, -0.25) is 14.3 Å². The van der Waals surface area contributed by atoms with Crippen molar-refractivity contribution in [1.29, 1.82) is 0 Å². The zero-order valence-electron chi connectivity index (χ0n) is 11.5. The van der Waals surface area contributed by atoms with Crippen molar-refractivity contribution in [3.8, 4) is 0 Å². The van der Waals surface area contributed by atoms with Gasteiger partial charge in [0.15, 0.2) is 11.2 Å². The first-order valence-corrected chi connectivity index (χ1v) is 7.93. The van der Waals surface area contributed by atoms with Crippen LogP contribution in [0.1, 0.15) is 12.6 Å². The SMILES string of the molecule is Nc1nc2c(ncn2[C@@H]2C[C@@H](O)[C@H](COP(=O)([O-])[O-])O2)c(=O)[nH]1. The van der Waals surface area contributed by atoms with E-state index in [-0.39, 0.29) is 23.5 Å². The van der Waals surface area contributed by atoms with Crippen LogP contribution in [0.25, 0.3) is 11.2 Å². The van der Waals surface area contributed by atoms with Gasteiger partial charge in [-0.25, -0.2) is 4.98 Å². The quantitative estimate of drug-likeness (QED) is 0.487. The van der Waals surface area contributed by atoms with Gasteiger partial charge in [-0.05, 0) is 0 Å². The molecule has 0 aliphatic carbocycles. The topological polar surface area (TPSA) is 191 Å². The summed E-state index contributed by atoms with van der Waals surface area (Å²) < 4.78 is 21.5. The lowest BCUT2D eigenvalue weighted by Gasteiger charge is -2.30. The highest BCUT2D eigenvalue weighted by Crippen LogP contribution is 2.33. The second-order valence-electron chi connectivity index (χ2n) is 4.95. The van der Waals surface area contributed by atoms with E-state index in [0.717, 1.165) is 0 Å². The van der Waals surface area contributed by atoms with Crippen LogP contribution in [0.4, 0.5) is 5.95 Å². The molecule has 4 N–H and O–H groups in total. The van der Waals surface area contributed by atoms with Gasteiger partial charge in [0.1, 0.15) is 12.3 Å². The number of aromatic nitrogens is 4.